The fraction of sp³-hybridized carbons (Fsp3) is 0.238. The minimum Gasteiger partial charge on any atom is -0.361 e. The summed E-state index contributed by atoms with van der Waals surface area (Å²) < 4.78 is 33.2. The number of hydrogen-bond donors (Lipinski definition) is 2. The average molecular weight is 443 g/mol. The van der Waals surface area contributed by atoms with Gasteiger partial charge in [-0.05, 0) is 48.9 Å². The van der Waals surface area contributed by atoms with Crippen LogP contribution in [0.4, 0.5) is 0 Å². The molecule has 4 aromatic rings. The second-order valence-electron chi connectivity index (χ2n) is 6.87. The minimum absolute atomic E-state index is 0.236. The molecule has 9 heteroatoms. The van der Waals surface area contributed by atoms with Crippen LogP contribution in [0.2, 0.25) is 0 Å². The Balaban J connectivity index is 1.57. The predicted octanol–water partition coefficient (Wildman–Crippen LogP) is 4.19. The number of hydrogen-bond acceptors (Lipinski definition) is 6. The molecule has 0 saturated carbocycles. The first-order chi connectivity index (χ1) is 14.5. The summed E-state index contributed by atoms with van der Waals surface area (Å²) in [5, 5.41) is 13.6. The summed E-state index contributed by atoms with van der Waals surface area (Å²) in [6.45, 7) is 4.09. The lowest BCUT2D eigenvalue weighted by atomic mass is 10.1. The van der Waals surface area contributed by atoms with Crippen LogP contribution in [-0.2, 0) is 22.9 Å². The van der Waals surface area contributed by atoms with Gasteiger partial charge in [-0.1, -0.05) is 30.3 Å². The van der Waals surface area contributed by atoms with Crippen molar-refractivity contribution >= 4 is 21.4 Å². The van der Waals surface area contributed by atoms with Gasteiger partial charge < -0.3 is 4.52 Å². The van der Waals surface area contributed by atoms with Crippen molar-refractivity contribution < 1.29 is 12.9 Å². The van der Waals surface area contributed by atoms with Gasteiger partial charge in [0.1, 0.15) is 17.1 Å². The van der Waals surface area contributed by atoms with Crippen LogP contribution < -0.4 is 4.72 Å². The Bertz CT molecular complexity index is 1220. The normalized spacial score (nSPS) is 11.8. The van der Waals surface area contributed by atoms with E-state index in [1.165, 1.54) is 0 Å². The Morgan fingerprint density at radius 1 is 1.20 bits per heavy atom. The van der Waals surface area contributed by atoms with Gasteiger partial charge in [-0.3, -0.25) is 5.10 Å². The van der Waals surface area contributed by atoms with E-state index in [4.69, 9.17) is 4.52 Å². The van der Waals surface area contributed by atoms with Gasteiger partial charge in [0.15, 0.2) is 0 Å². The predicted molar refractivity (Wildman–Crippen MR) is 117 cm³/mol. The quantitative estimate of drug-likeness (QED) is 0.426. The number of H-pyrrole nitrogens is 1. The van der Waals surface area contributed by atoms with Gasteiger partial charge in [-0.25, -0.2) is 13.1 Å². The number of benzene rings is 1. The molecule has 30 heavy (non-hydrogen) atoms. The van der Waals surface area contributed by atoms with Crippen LogP contribution in [0.15, 0.2) is 57.3 Å². The summed E-state index contributed by atoms with van der Waals surface area (Å²) in [5.74, 6) is 0.694. The van der Waals surface area contributed by atoms with Crippen molar-refractivity contribution in [3.8, 4) is 22.0 Å². The molecule has 0 radical (unpaired) electrons. The number of nitrogens with zero attached hydrogens (tertiary/aromatic N) is 2. The number of sulfonamides is 1. The molecular formula is C21H22N4O3S2. The van der Waals surface area contributed by atoms with Gasteiger partial charge in [0.2, 0.25) is 10.0 Å². The molecule has 1 aromatic carbocycles. The first kappa shape index (κ1) is 20.5. The fourth-order valence-corrected chi connectivity index (χ4v) is 4.99. The SMILES string of the molecule is CCc1ccc(S(=O)(=O)NCCc2c(-c3cccs3)n[nH]c2-c2cc(C)on2)cc1. The first-order valence-corrected chi connectivity index (χ1v) is 12.0. The monoisotopic (exact) mass is 442 g/mol. The number of aromatic nitrogens is 3. The van der Waals surface area contributed by atoms with Crippen molar-refractivity contribution in [1.82, 2.24) is 20.1 Å². The Hall–Kier alpha value is -2.75. The number of thiophene rings is 1. The summed E-state index contributed by atoms with van der Waals surface area (Å²) in [5.41, 5.74) is 4.18. The highest BCUT2D eigenvalue weighted by Gasteiger charge is 2.20. The molecule has 0 fully saturated rings. The lowest BCUT2D eigenvalue weighted by Gasteiger charge is -2.08. The molecule has 0 bridgehead atoms. The first-order valence-electron chi connectivity index (χ1n) is 9.61. The lowest BCUT2D eigenvalue weighted by Crippen LogP contribution is -2.26. The van der Waals surface area contributed by atoms with Gasteiger partial charge in [0, 0.05) is 18.2 Å². The highest BCUT2D eigenvalue weighted by molar-refractivity contribution is 7.89. The molecule has 0 saturated heterocycles. The van der Waals surface area contributed by atoms with Crippen molar-refractivity contribution in [3.63, 3.8) is 0 Å². The number of rotatable bonds is 8. The van der Waals surface area contributed by atoms with E-state index < -0.39 is 10.0 Å². The van der Waals surface area contributed by atoms with Crippen molar-refractivity contribution in [2.24, 2.45) is 0 Å². The summed E-state index contributed by atoms with van der Waals surface area (Å²) >= 11 is 1.58. The van der Waals surface area contributed by atoms with E-state index in [9.17, 15) is 8.42 Å². The molecule has 2 N–H and O–H groups in total. The second kappa shape index (κ2) is 8.55. The third-order valence-electron chi connectivity index (χ3n) is 4.81. The van der Waals surface area contributed by atoms with Crippen LogP contribution in [0.25, 0.3) is 22.0 Å². The van der Waals surface area contributed by atoms with Crippen LogP contribution in [0, 0.1) is 6.92 Å². The van der Waals surface area contributed by atoms with Crippen molar-refractivity contribution in [3.05, 3.63) is 64.7 Å². The summed E-state index contributed by atoms with van der Waals surface area (Å²) in [6, 6.07) is 12.7. The Morgan fingerprint density at radius 3 is 2.63 bits per heavy atom. The highest BCUT2D eigenvalue weighted by Crippen LogP contribution is 2.32. The molecule has 4 rings (SSSR count). The van der Waals surface area contributed by atoms with E-state index >= 15 is 0 Å². The second-order valence-corrected chi connectivity index (χ2v) is 9.59. The molecule has 156 valence electrons. The summed E-state index contributed by atoms with van der Waals surface area (Å²) in [6.07, 6.45) is 1.32. The fourth-order valence-electron chi connectivity index (χ4n) is 3.22. The standard InChI is InChI=1S/C21H22N4O3S2/c1-3-15-6-8-16(9-7-15)30(26,27)22-11-10-17-20(18-13-14(2)28-25-18)23-24-21(17)19-5-4-12-29-19/h4-9,12-13,22H,3,10-11H2,1-2H3,(H,23,24). The molecule has 0 spiro atoms. The lowest BCUT2D eigenvalue weighted by molar-refractivity contribution is 0.399. The highest BCUT2D eigenvalue weighted by atomic mass is 32.2. The number of nitrogens with one attached hydrogen (secondary N) is 2. The number of aryl methyl sites for hydroxylation is 2. The van der Waals surface area contributed by atoms with Gasteiger partial charge in [0.25, 0.3) is 0 Å². The zero-order valence-electron chi connectivity index (χ0n) is 16.7. The zero-order valence-corrected chi connectivity index (χ0v) is 18.3. The Morgan fingerprint density at radius 2 is 2.00 bits per heavy atom. The largest absolute Gasteiger partial charge is 0.361 e. The minimum atomic E-state index is -3.59. The van der Waals surface area contributed by atoms with E-state index in [0.717, 1.165) is 33.8 Å². The number of aromatic amines is 1. The van der Waals surface area contributed by atoms with Crippen LogP contribution >= 0.6 is 11.3 Å². The topological polar surface area (TPSA) is 101 Å². The Kier molecular flexibility index (Phi) is 5.85. The zero-order chi connectivity index (χ0) is 21.1. The van der Waals surface area contributed by atoms with Crippen molar-refractivity contribution in [2.45, 2.75) is 31.6 Å². The molecular weight excluding hydrogens is 420 g/mol. The Labute approximate surface area is 179 Å². The molecule has 0 unspecified atom stereocenters. The van der Waals surface area contributed by atoms with Crippen LogP contribution in [-0.4, -0.2) is 30.3 Å². The van der Waals surface area contributed by atoms with Gasteiger partial charge in [-0.15, -0.1) is 11.3 Å². The third kappa shape index (κ3) is 4.23. The maximum atomic E-state index is 12.7. The molecule has 0 aliphatic carbocycles. The average Bonchev–Trinajstić information content (AvgIpc) is 3.48. The smallest absolute Gasteiger partial charge is 0.240 e. The molecule has 0 aliphatic rings. The van der Waals surface area contributed by atoms with Gasteiger partial charge >= 0.3 is 0 Å². The third-order valence-corrected chi connectivity index (χ3v) is 7.17. The van der Waals surface area contributed by atoms with E-state index in [1.807, 2.05) is 49.6 Å². The molecule has 0 amide bonds. The van der Waals surface area contributed by atoms with Crippen LogP contribution in [0.1, 0.15) is 23.8 Å². The van der Waals surface area contributed by atoms with E-state index in [1.54, 1.807) is 23.5 Å². The summed E-state index contributed by atoms with van der Waals surface area (Å²) in [4.78, 5) is 1.27. The summed E-state index contributed by atoms with van der Waals surface area (Å²) in [7, 11) is -3.59. The van der Waals surface area contributed by atoms with Gasteiger partial charge in [-0.2, -0.15) is 5.10 Å². The van der Waals surface area contributed by atoms with Crippen LogP contribution in [0.5, 0.6) is 0 Å². The van der Waals surface area contributed by atoms with E-state index in [-0.39, 0.29) is 11.4 Å². The molecule has 3 aromatic heterocycles. The van der Waals surface area contributed by atoms with Crippen molar-refractivity contribution in [1.29, 1.82) is 0 Å². The molecule has 7 nitrogen and oxygen atoms in total. The maximum Gasteiger partial charge on any atom is 0.240 e. The molecule has 0 atom stereocenters. The van der Waals surface area contributed by atoms with Crippen LogP contribution in [0.3, 0.4) is 0 Å². The van der Waals surface area contributed by atoms with E-state index in [2.05, 4.69) is 20.1 Å². The maximum absolute atomic E-state index is 12.7. The van der Waals surface area contributed by atoms with E-state index in [0.29, 0.717) is 17.9 Å². The molecule has 0 aliphatic heterocycles. The molecule has 3 heterocycles. The van der Waals surface area contributed by atoms with Crippen molar-refractivity contribution in [2.75, 3.05) is 6.54 Å². The van der Waals surface area contributed by atoms with Gasteiger partial charge in [0.05, 0.1) is 15.5 Å².